The van der Waals surface area contributed by atoms with Crippen molar-refractivity contribution in [3.05, 3.63) is 10.6 Å². The van der Waals surface area contributed by atoms with E-state index in [2.05, 4.69) is 37.9 Å². The maximum Gasteiger partial charge on any atom is 0.185 e. The molecule has 4 heteroatoms. The number of nitrogens with zero attached hydrogens (tertiary/aromatic N) is 2. The largest absolute Gasteiger partial charge is 0.348 e. The van der Waals surface area contributed by atoms with Gasteiger partial charge in [-0.25, -0.2) is 4.98 Å². The molecule has 0 unspecified atom stereocenters. The van der Waals surface area contributed by atoms with Crippen molar-refractivity contribution in [2.24, 2.45) is 5.92 Å². The van der Waals surface area contributed by atoms with Crippen LogP contribution in [0.15, 0.2) is 0 Å². The number of hydrogen-bond acceptors (Lipinski definition) is 4. The van der Waals surface area contributed by atoms with E-state index < -0.39 is 0 Å². The van der Waals surface area contributed by atoms with Gasteiger partial charge in [-0.2, -0.15) is 0 Å². The van der Waals surface area contributed by atoms with Gasteiger partial charge in [-0.1, -0.05) is 40.5 Å². The monoisotopic (exact) mass is 309 g/mol. The van der Waals surface area contributed by atoms with Gasteiger partial charge in [0.05, 0.1) is 5.69 Å². The van der Waals surface area contributed by atoms with Gasteiger partial charge < -0.3 is 10.2 Å². The van der Waals surface area contributed by atoms with Crippen LogP contribution in [0.2, 0.25) is 0 Å². The lowest BCUT2D eigenvalue weighted by molar-refractivity contribution is 0.395. The predicted octanol–water partition coefficient (Wildman–Crippen LogP) is 4.22. The first-order valence-corrected chi connectivity index (χ1v) is 9.42. The Hall–Kier alpha value is -0.610. The molecule has 0 bridgehead atoms. The summed E-state index contributed by atoms with van der Waals surface area (Å²) in [4.78, 5) is 8.91. The molecule has 1 aliphatic rings. The van der Waals surface area contributed by atoms with E-state index in [-0.39, 0.29) is 0 Å². The van der Waals surface area contributed by atoms with Gasteiger partial charge in [-0.15, -0.1) is 11.3 Å². The number of anilines is 1. The second kappa shape index (κ2) is 8.14. The van der Waals surface area contributed by atoms with Gasteiger partial charge in [0, 0.05) is 30.6 Å². The molecule has 1 N–H and O–H groups in total. The Labute approximate surface area is 134 Å². The number of nitrogens with one attached hydrogen (secondary N) is 1. The molecule has 1 aromatic rings. The van der Waals surface area contributed by atoms with Crippen molar-refractivity contribution in [3.8, 4) is 0 Å². The SMILES string of the molecule is CCCc1nc(N2CCC(CC)CC2)sc1CNC(C)C. The summed E-state index contributed by atoms with van der Waals surface area (Å²) < 4.78 is 0. The highest BCUT2D eigenvalue weighted by molar-refractivity contribution is 7.15. The lowest BCUT2D eigenvalue weighted by Crippen LogP contribution is -2.33. The van der Waals surface area contributed by atoms with E-state index in [1.54, 1.807) is 0 Å². The molecule has 1 saturated heterocycles. The molecule has 0 radical (unpaired) electrons. The lowest BCUT2D eigenvalue weighted by Gasteiger charge is -2.31. The predicted molar refractivity (Wildman–Crippen MR) is 93.3 cm³/mol. The quantitative estimate of drug-likeness (QED) is 0.817. The van der Waals surface area contributed by atoms with Crippen LogP contribution in [-0.2, 0) is 13.0 Å². The maximum absolute atomic E-state index is 4.96. The summed E-state index contributed by atoms with van der Waals surface area (Å²) in [5.74, 6) is 0.929. The molecule has 21 heavy (non-hydrogen) atoms. The minimum absolute atomic E-state index is 0.533. The molecule has 1 aliphatic heterocycles. The number of aromatic nitrogens is 1. The maximum atomic E-state index is 4.96. The summed E-state index contributed by atoms with van der Waals surface area (Å²) in [5, 5.41) is 4.80. The molecule has 0 atom stereocenters. The molecule has 0 saturated carbocycles. The van der Waals surface area contributed by atoms with Crippen molar-refractivity contribution in [1.29, 1.82) is 0 Å². The standard InChI is InChI=1S/C17H31N3S/c1-5-7-15-16(12-18-13(3)4)21-17(19-15)20-10-8-14(6-2)9-11-20/h13-14,18H,5-12H2,1-4H3. The molecule has 120 valence electrons. The normalized spacial score (nSPS) is 16.9. The minimum atomic E-state index is 0.533. The molecule has 1 aromatic heterocycles. The fraction of sp³-hybridized carbons (Fsp3) is 0.824. The Balaban J connectivity index is 2.04. The smallest absolute Gasteiger partial charge is 0.185 e. The van der Waals surface area contributed by atoms with Crippen molar-refractivity contribution in [3.63, 3.8) is 0 Å². The molecule has 2 rings (SSSR count). The van der Waals surface area contributed by atoms with E-state index in [1.165, 1.54) is 54.5 Å². The van der Waals surface area contributed by atoms with Gasteiger partial charge in [0.15, 0.2) is 5.13 Å². The highest BCUT2D eigenvalue weighted by Gasteiger charge is 2.21. The van der Waals surface area contributed by atoms with Crippen molar-refractivity contribution in [2.45, 2.75) is 72.4 Å². The first kappa shape index (κ1) is 16.8. The van der Waals surface area contributed by atoms with Gasteiger partial charge in [0.1, 0.15) is 0 Å². The summed E-state index contributed by atoms with van der Waals surface area (Å²) in [6, 6.07) is 0.533. The topological polar surface area (TPSA) is 28.2 Å². The minimum Gasteiger partial charge on any atom is -0.348 e. The van der Waals surface area contributed by atoms with E-state index in [4.69, 9.17) is 4.98 Å². The van der Waals surface area contributed by atoms with Crippen molar-refractivity contribution in [2.75, 3.05) is 18.0 Å². The number of rotatable bonds is 7. The fourth-order valence-electron chi connectivity index (χ4n) is 2.90. The van der Waals surface area contributed by atoms with Crippen molar-refractivity contribution in [1.82, 2.24) is 10.3 Å². The summed E-state index contributed by atoms with van der Waals surface area (Å²) in [6.07, 6.45) is 6.28. The van der Waals surface area contributed by atoms with Crippen LogP contribution < -0.4 is 10.2 Å². The van der Waals surface area contributed by atoms with E-state index in [0.29, 0.717) is 6.04 Å². The van der Waals surface area contributed by atoms with Crippen LogP contribution in [0.4, 0.5) is 5.13 Å². The van der Waals surface area contributed by atoms with Gasteiger partial charge >= 0.3 is 0 Å². The average molecular weight is 310 g/mol. The van der Waals surface area contributed by atoms with Gasteiger partial charge in [0.25, 0.3) is 0 Å². The van der Waals surface area contributed by atoms with Gasteiger partial charge in [-0.05, 0) is 25.2 Å². The molecule has 2 heterocycles. The van der Waals surface area contributed by atoms with Crippen LogP contribution in [-0.4, -0.2) is 24.1 Å². The Morgan fingerprint density at radius 2 is 2.00 bits per heavy atom. The first-order chi connectivity index (χ1) is 10.1. The zero-order chi connectivity index (χ0) is 15.2. The summed E-state index contributed by atoms with van der Waals surface area (Å²) >= 11 is 1.91. The van der Waals surface area contributed by atoms with E-state index in [1.807, 2.05) is 11.3 Å². The van der Waals surface area contributed by atoms with E-state index in [0.717, 1.165) is 18.9 Å². The first-order valence-electron chi connectivity index (χ1n) is 8.60. The number of aryl methyl sites for hydroxylation is 1. The second-order valence-corrected chi connectivity index (χ2v) is 7.55. The third kappa shape index (κ3) is 4.68. The number of hydrogen-bond donors (Lipinski definition) is 1. The van der Waals surface area contributed by atoms with Crippen molar-refractivity contribution < 1.29 is 0 Å². The molecule has 0 amide bonds. The van der Waals surface area contributed by atoms with Crippen LogP contribution in [0.1, 0.15) is 63.9 Å². The second-order valence-electron chi connectivity index (χ2n) is 6.49. The van der Waals surface area contributed by atoms with Crippen LogP contribution in [0.5, 0.6) is 0 Å². The zero-order valence-electron chi connectivity index (χ0n) is 14.1. The molecule has 0 aliphatic carbocycles. The Kier molecular flexibility index (Phi) is 6.49. The van der Waals surface area contributed by atoms with Crippen LogP contribution in [0.25, 0.3) is 0 Å². The Morgan fingerprint density at radius 3 is 2.57 bits per heavy atom. The third-order valence-corrected chi connectivity index (χ3v) is 5.55. The van der Waals surface area contributed by atoms with E-state index >= 15 is 0 Å². The molecular formula is C17H31N3S. The molecule has 0 spiro atoms. The van der Waals surface area contributed by atoms with Crippen LogP contribution in [0, 0.1) is 5.92 Å². The fourth-order valence-corrected chi connectivity index (χ4v) is 4.01. The molecule has 0 aromatic carbocycles. The number of thiazole rings is 1. The Morgan fingerprint density at radius 1 is 1.29 bits per heavy atom. The van der Waals surface area contributed by atoms with Crippen LogP contribution >= 0.6 is 11.3 Å². The molecular weight excluding hydrogens is 278 g/mol. The number of piperidine rings is 1. The highest BCUT2D eigenvalue weighted by Crippen LogP contribution is 2.31. The zero-order valence-corrected chi connectivity index (χ0v) is 14.9. The Bertz CT molecular complexity index is 420. The highest BCUT2D eigenvalue weighted by atomic mass is 32.1. The third-order valence-electron chi connectivity index (χ3n) is 4.39. The lowest BCUT2D eigenvalue weighted by atomic mass is 9.95. The van der Waals surface area contributed by atoms with Gasteiger partial charge in [-0.3, -0.25) is 0 Å². The molecule has 1 fully saturated rings. The van der Waals surface area contributed by atoms with E-state index in [9.17, 15) is 0 Å². The van der Waals surface area contributed by atoms with Gasteiger partial charge in [0.2, 0.25) is 0 Å². The summed E-state index contributed by atoms with van der Waals surface area (Å²) in [7, 11) is 0. The average Bonchev–Trinajstić information content (AvgIpc) is 2.89. The summed E-state index contributed by atoms with van der Waals surface area (Å²) in [6.45, 7) is 12.3. The molecule has 3 nitrogen and oxygen atoms in total. The summed E-state index contributed by atoms with van der Waals surface area (Å²) in [5.41, 5.74) is 1.32. The van der Waals surface area contributed by atoms with Crippen LogP contribution in [0.3, 0.4) is 0 Å². The van der Waals surface area contributed by atoms with Crippen molar-refractivity contribution >= 4 is 16.5 Å².